The molecule has 1 fully saturated rings. The van der Waals surface area contributed by atoms with Gasteiger partial charge in [0, 0.05) is 20.2 Å². The van der Waals surface area contributed by atoms with Crippen LogP contribution in [0, 0.1) is 5.92 Å². The van der Waals surface area contributed by atoms with E-state index < -0.39 is 0 Å². The number of benzene rings is 1. The van der Waals surface area contributed by atoms with Crippen LogP contribution in [0.5, 0.6) is 0 Å². The second kappa shape index (κ2) is 7.63. The maximum atomic E-state index is 5.68. The Morgan fingerprint density at radius 1 is 1.26 bits per heavy atom. The van der Waals surface area contributed by atoms with E-state index in [9.17, 15) is 0 Å². The Morgan fingerprint density at radius 2 is 1.95 bits per heavy atom. The number of hydrogen-bond donors (Lipinski definition) is 1. The molecule has 2 N–H and O–H groups in total. The minimum absolute atomic E-state index is 0.186. The maximum absolute atomic E-state index is 5.68. The fourth-order valence-electron chi connectivity index (χ4n) is 2.85. The molecule has 19 heavy (non-hydrogen) atoms. The minimum Gasteiger partial charge on any atom is -0.379 e. The lowest BCUT2D eigenvalue weighted by molar-refractivity contribution is 0.0565. The average Bonchev–Trinajstić information content (AvgIpc) is 2.47. The van der Waals surface area contributed by atoms with Gasteiger partial charge in [0.1, 0.15) is 0 Å². The molecule has 0 spiro atoms. The van der Waals surface area contributed by atoms with Gasteiger partial charge in [0.15, 0.2) is 0 Å². The fourth-order valence-corrected chi connectivity index (χ4v) is 2.85. The van der Waals surface area contributed by atoms with Crippen molar-refractivity contribution in [2.45, 2.75) is 25.4 Å². The quantitative estimate of drug-likeness (QED) is 0.851. The van der Waals surface area contributed by atoms with Crippen molar-refractivity contribution in [2.24, 2.45) is 11.7 Å². The van der Waals surface area contributed by atoms with Gasteiger partial charge >= 0.3 is 0 Å². The molecule has 1 atom stereocenters. The number of hydrogen-bond acceptors (Lipinski definition) is 3. The highest BCUT2D eigenvalue weighted by atomic mass is 16.5. The lowest BCUT2D eigenvalue weighted by atomic mass is 9.90. The molecule has 0 aromatic heterocycles. The van der Waals surface area contributed by atoms with Crippen molar-refractivity contribution >= 4 is 0 Å². The fraction of sp³-hybridized carbons (Fsp3) is 0.625. The van der Waals surface area contributed by atoms with E-state index in [2.05, 4.69) is 35.2 Å². The van der Waals surface area contributed by atoms with Gasteiger partial charge in [-0.05, 0) is 43.8 Å². The zero-order valence-corrected chi connectivity index (χ0v) is 11.9. The molecule has 1 aliphatic heterocycles. The molecular weight excluding hydrogens is 236 g/mol. The van der Waals surface area contributed by atoms with Crippen LogP contribution in [0.1, 0.15) is 18.4 Å². The van der Waals surface area contributed by atoms with E-state index in [1.54, 1.807) is 7.11 Å². The summed E-state index contributed by atoms with van der Waals surface area (Å²) >= 11 is 0. The second-order valence-corrected chi connectivity index (χ2v) is 5.53. The van der Waals surface area contributed by atoms with Crippen molar-refractivity contribution in [3.8, 4) is 0 Å². The van der Waals surface area contributed by atoms with Crippen LogP contribution < -0.4 is 5.73 Å². The average molecular weight is 262 g/mol. The number of likely N-dealkylation sites (tertiary alicyclic amines) is 1. The molecule has 1 unspecified atom stereocenters. The molecule has 1 aromatic rings. The van der Waals surface area contributed by atoms with E-state index in [4.69, 9.17) is 10.5 Å². The Bertz CT molecular complexity index is 343. The van der Waals surface area contributed by atoms with E-state index in [1.807, 2.05) is 0 Å². The minimum atomic E-state index is 0.186. The molecule has 1 aromatic carbocycles. The van der Waals surface area contributed by atoms with Gasteiger partial charge in [-0.25, -0.2) is 0 Å². The molecule has 106 valence electrons. The van der Waals surface area contributed by atoms with Crippen LogP contribution in [0.15, 0.2) is 30.3 Å². The van der Waals surface area contributed by atoms with Crippen LogP contribution in [-0.2, 0) is 11.2 Å². The summed E-state index contributed by atoms with van der Waals surface area (Å²) in [4.78, 5) is 2.49. The molecular formula is C16H26N2O. The zero-order chi connectivity index (χ0) is 13.5. The monoisotopic (exact) mass is 262 g/mol. The molecule has 1 aliphatic rings. The van der Waals surface area contributed by atoms with E-state index >= 15 is 0 Å². The topological polar surface area (TPSA) is 38.5 Å². The number of piperidine rings is 1. The predicted octanol–water partition coefficient (Wildman–Crippen LogP) is 1.91. The summed E-state index contributed by atoms with van der Waals surface area (Å²) in [7, 11) is 1.75. The largest absolute Gasteiger partial charge is 0.379 e. The SMILES string of the molecule is COC(CN)CN1CCC(Cc2ccccc2)CC1. The van der Waals surface area contributed by atoms with Gasteiger partial charge in [0.25, 0.3) is 0 Å². The summed E-state index contributed by atoms with van der Waals surface area (Å²) in [6.07, 6.45) is 3.98. The van der Waals surface area contributed by atoms with Crippen LogP contribution in [0.4, 0.5) is 0 Å². The first-order valence-electron chi connectivity index (χ1n) is 7.31. The Morgan fingerprint density at radius 3 is 2.53 bits per heavy atom. The van der Waals surface area contributed by atoms with Crippen molar-refractivity contribution < 1.29 is 4.74 Å². The molecule has 0 aliphatic carbocycles. The lowest BCUT2D eigenvalue weighted by Crippen LogP contribution is -2.42. The summed E-state index contributed by atoms with van der Waals surface area (Å²) < 4.78 is 5.36. The third-order valence-corrected chi connectivity index (χ3v) is 4.13. The van der Waals surface area contributed by atoms with Crippen molar-refractivity contribution in [3.63, 3.8) is 0 Å². The summed E-state index contributed by atoms with van der Waals surface area (Å²) in [6.45, 7) is 3.94. The van der Waals surface area contributed by atoms with Gasteiger partial charge in [-0.2, -0.15) is 0 Å². The molecule has 0 amide bonds. The van der Waals surface area contributed by atoms with Gasteiger partial charge in [-0.3, -0.25) is 0 Å². The van der Waals surface area contributed by atoms with Crippen molar-refractivity contribution in [1.82, 2.24) is 4.90 Å². The first-order chi connectivity index (χ1) is 9.31. The lowest BCUT2D eigenvalue weighted by Gasteiger charge is -2.33. The summed E-state index contributed by atoms with van der Waals surface area (Å²) in [5.41, 5.74) is 7.15. The van der Waals surface area contributed by atoms with Gasteiger partial charge in [-0.1, -0.05) is 30.3 Å². The number of ether oxygens (including phenoxy) is 1. The van der Waals surface area contributed by atoms with Gasteiger partial charge in [0.05, 0.1) is 6.10 Å². The van der Waals surface area contributed by atoms with E-state index in [1.165, 1.54) is 37.9 Å². The highest BCUT2D eigenvalue weighted by Gasteiger charge is 2.21. The first-order valence-corrected chi connectivity index (χ1v) is 7.31. The summed E-state index contributed by atoms with van der Waals surface area (Å²) in [5, 5.41) is 0. The van der Waals surface area contributed by atoms with Crippen LogP contribution in [-0.4, -0.2) is 44.3 Å². The van der Waals surface area contributed by atoms with E-state index in [0.717, 1.165) is 12.5 Å². The van der Waals surface area contributed by atoms with Crippen LogP contribution >= 0.6 is 0 Å². The Balaban J connectivity index is 1.73. The smallest absolute Gasteiger partial charge is 0.0820 e. The van der Waals surface area contributed by atoms with Crippen molar-refractivity contribution in [2.75, 3.05) is 33.3 Å². The molecule has 1 saturated heterocycles. The van der Waals surface area contributed by atoms with Crippen molar-refractivity contribution in [1.29, 1.82) is 0 Å². The van der Waals surface area contributed by atoms with Crippen LogP contribution in [0.25, 0.3) is 0 Å². The molecule has 3 nitrogen and oxygen atoms in total. The zero-order valence-electron chi connectivity index (χ0n) is 11.9. The number of methoxy groups -OCH3 is 1. The van der Waals surface area contributed by atoms with Gasteiger partial charge in [0.2, 0.25) is 0 Å². The summed E-state index contributed by atoms with van der Waals surface area (Å²) in [6, 6.07) is 10.8. The molecule has 2 rings (SSSR count). The second-order valence-electron chi connectivity index (χ2n) is 5.53. The Labute approximate surface area is 116 Å². The Kier molecular flexibility index (Phi) is 5.83. The maximum Gasteiger partial charge on any atom is 0.0820 e. The van der Waals surface area contributed by atoms with Crippen LogP contribution in [0.3, 0.4) is 0 Å². The first kappa shape index (κ1) is 14.5. The highest BCUT2D eigenvalue weighted by molar-refractivity contribution is 5.15. The Hall–Kier alpha value is -0.900. The number of rotatable bonds is 6. The highest BCUT2D eigenvalue weighted by Crippen LogP contribution is 2.21. The predicted molar refractivity (Wildman–Crippen MR) is 79.2 cm³/mol. The third-order valence-electron chi connectivity index (χ3n) is 4.13. The van der Waals surface area contributed by atoms with Gasteiger partial charge < -0.3 is 15.4 Å². The standard InChI is InChI=1S/C16H26N2O/c1-19-16(12-17)13-18-9-7-15(8-10-18)11-14-5-3-2-4-6-14/h2-6,15-16H,7-13,17H2,1H3. The molecule has 0 radical (unpaired) electrons. The number of nitrogens with zero attached hydrogens (tertiary/aromatic N) is 1. The molecule has 0 bridgehead atoms. The van der Waals surface area contributed by atoms with Crippen molar-refractivity contribution in [3.05, 3.63) is 35.9 Å². The van der Waals surface area contributed by atoms with E-state index in [0.29, 0.717) is 6.54 Å². The van der Waals surface area contributed by atoms with Crippen LogP contribution in [0.2, 0.25) is 0 Å². The number of nitrogens with two attached hydrogens (primary N) is 1. The normalized spacial score (nSPS) is 19.5. The molecule has 0 saturated carbocycles. The molecule has 1 heterocycles. The third kappa shape index (κ3) is 4.60. The molecule has 3 heteroatoms. The van der Waals surface area contributed by atoms with E-state index in [-0.39, 0.29) is 6.10 Å². The summed E-state index contributed by atoms with van der Waals surface area (Å²) in [5.74, 6) is 0.831. The van der Waals surface area contributed by atoms with Gasteiger partial charge in [-0.15, -0.1) is 0 Å².